The average Bonchev–Trinajstić information content (AvgIpc) is 2.84. The largest absolute Gasteiger partial charge is 0.497 e. The Morgan fingerprint density at radius 2 is 1.59 bits per heavy atom. The van der Waals surface area contributed by atoms with Crippen LogP contribution in [0.4, 0.5) is 15.8 Å². The second-order valence-electron chi connectivity index (χ2n) is 7.15. The highest BCUT2D eigenvalue weighted by atomic mass is 32.2. The molecule has 0 spiro atoms. The van der Waals surface area contributed by atoms with Gasteiger partial charge in [0.05, 0.1) is 24.8 Å². The molecule has 1 atom stereocenters. The Balaban J connectivity index is 1.68. The lowest BCUT2D eigenvalue weighted by Crippen LogP contribution is -2.32. The van der Waals surface area contributed by atoms with E-state index in [0.717, 1.165) is 0 Å². The number of rotatable bonds is 10. The maximum atomic E-state index is 13.1. The Bertz CT molecular complexity index is 1230. The molecule has 0 unspecified atom stereocenters. The summed E-state index contributed by atoms with van der Waals surface area (Å²) in [7, 11) is -0.994. The molecule has 0 aromatic heterocycles. The number of anilines is 2. The number of halogens is 1. The quantitative estimate of drug-likeness (QED) is 0.437. The summed E-state index contributed by atoms with van der Waals surface area (Å²) in [6.07, 6.45) is -0.429. The summed E-state index contributed by atoms with van der Waals surface area (Å²) >= 11 is 0. The third-order valence-corrected chi connectivity index (χ3v) is 6.22. The molecule has 0 fully saturated rings. The molecular formula is C24H25FN2O6S. The van der Waals surface area contributed by atoms with Gasteiger partial charge in [-0.1, -0.05) is 6.92 Å². The number of nitrogens with one attached hydrogen (secondary N) is 2. The van der Waals surface area contributed by atoms with Gasteiger partial charge in [-0.05, 0) is 67.1 Å². The number of ether oxygens (including phenoxy) is 3. The summed E-state index contributed by atoms with van der Waals surface area (Å²) in [6, 6.07) is 15.8. The molecule has 3 rings (SSSR count). The van der Waals surface area contributed by atoms with Gasteiger partial charge >= 0.3 is 0 Å². The Morgan fingerprint density at radius 1 is 0.941 bits per heavy atom. The lowest BCUT2D eigenvalue weighted by atomic mass is 10.2. The van der Waals surface area contributed by atoms with Crippen LogP contribution in [0.25, 0.3) is 0 Å². The second-order valence-corrected chi connectivity index (χ2v) is 8.84. The summed E-state index contributed by atoms with van der Waals surface area (Å²) in [6.45, 7) is 1.78. The van der Waals surface area contributed by atoms with Gasteiger partial charge in [0.15, 0.2) is 6.10 Å². The first-order valence-electron chi connectivity index (χ1n) is 10.3. The van der Waals surface area contributed by atoms with Gasteiger partial charge in [-0.15, -0.1) is 0 Å². The molecule has 3 aromatic rings. The van der Waals surface area contributed by atoms with E-state index in [0.29, 0.717) is 29.4 Å². The van der Waals surface area contributed by atoms with E-state index in [1.165, 1.54) is 68.8 Å². The minimum absolute atomic E-state index is 0.00188. The molecule has 0 aliphatic rings. The normalized spacial score (nSPS) is 11.9. The van der Waals surface area contributed by atoms with E-state index >= 15 is 0 Å². The van der Waals surface area contributed by atoms with E-state index in [2.05, 4.69) is 10.0 Å². The van der Waals surface area contributed by atoms with Crippen molar-refractivity contribution in [3.63, 3.8) is 0 Å². The third kappa shape index (κ3) is 6.16. The molecule has 10 heteroatoms. The third-order valence-electron chi connectivity index (χ3n) is 4.84. The smallest absolute Gasteiger partial charge is 0.265 e. The van der Waals surface area contributed by atoms with E-state index < -0.39 is 27.9 Å². The molecule has 0 aliphatic carbocycles. The first-order chi connectivity index (χ1) is 16.2. The topological polar surface area (TPSA) is 103 Å². The van der Waals surface area contributed by atoms with Crippen LogP contribution in [0.3, 0.4) is 0 Å². The number of carbonyl (C=O) groups is 1. The van der Waals surface area contributed by atoms with E-state index in [-0.39, 0.29) is 10.6 Å². The number of carbonyl (C=O) groups excluding carboxylic acids is 1. The van der Waals surface area contributed by atoms with Crippen LogP contribution in [0, 0.1) is 5.82 Å². The highest BCUT2D eigenvalue weighted by Crippen LogP contribution is 2.31. The van der Waals surface area contributed by atoms with Crippen LogP contribution in [0.2, 0.25) is 0 Å². The number of sulfonamides is 1. The number of benzene rings is 3. The lowest BCUT2D eigenvalue weighted by Gasteiger charge is -2.17. The molecule has 0 saturated heterocycles. The molecule has 0 saturated carbocycles. The molecule has 2 N–H and O–H groups in total. The summed E-state index contributed by atoms with van der Waals surface area (Å²) in [4.78, 5) is 12.6. The standard InChI is InChI=1S/C24H25FN2O6S/c1-4-22(33-18-9-5-16(25)6-10-18)24(28)26-17-7-12-20(13-8-17)34(29,30)27-21-14-11-19(31-2)15-23(21)32-3/h5-15,22,27H,4H2,1-3H3,(H,26,28)/t22-/m1/s1. The van der Waals surface area contributed by atoms with Gasteiger partial charge in [0.2, 0.25) is 0 Å². The Morgan fingerprint density at radius 3 is 2.18 bits per heavy atom. The average molecular weight is 489 g/mol. The fourth-order valence-corrected chi connectivity index (χ4v) is 4.10. The van der Waals surface area contributed by atoms with Gasteiger partial charge < -0.3 is 19.5 Å². The van der Waals surface area contributed by atoms with Crippen molar-refractivity contribution in [2.75, 3.05) is 24.3 Å². The van der Waals surface area contributed by atoms with Gasteiger partial charge in [-0.3, -0.25) is 9.52 Å². The van der Waals surface area contributed by atoms with Crippen LogP contribution < -0.4 is 24.2 Å². The fourth-order valence-electron chi connectivity index (χ4n) is 3.03. The van der Waals surface area contributed by atoms with Gasteiger partial charge in [0.25, 0.3) is 15.9 Å². The second kappa shape index (κ2) is 10.9. The van der Waals surface area contributed by atoms with Crippen molar-refractivity contribution in [1.29, 1.82) is 0 Å². The molecule has 1 amide bonds. The van der Waals surface area contributed by atoms with Crippen molar-refractivity contribution < 1.29 is 31.8 Å². The monoisotopic (exact) mass is 488 g/mol. The SMILES string of the molecule is CC[C@@H](Oc1ccc(F)cc1)C(=O)Nc1ccc(S(=O)(=O)Nc2ccc(OC)cc2OC)cc1. The molecular weight excluding hydrogens is 463 g/mol. The summed E-state index contributed by atoms with van der Waals surface area (Å²) in [5.74, 6) is 0.375. The molecule has 8 nitrogen and oxygen atoms in total. The van der Waals surface area contributed by atoms with E-state index in [1.807, 2.05) is 0 Å². The van der Waals surface area contributed by atoms with Gasteiger partial charge in [-0.25, -0.2) is 12.8 Å². The van der Waals surface area contributed by atoms with Gasteiger partial charge in [-0.2, -0.15) is 0 Å². The molecule has 3 aromatic carbocycles. The van der Waals surface area contributed by atoms with Crippen molar-refractivity contribution >= 4 is 27.3 Å². The number of hydrogen-bond donors (Lipinski definition) is 2. The zero-order chi connectivity index (χ0) is 24.7. The molecule has 34 heavy (non-hydrogen) atoms. The van der Waals surface area contributed by atoms with Crippen LogP contribution in [-0.2, 0) is 14.8 Å². The Kier molecular flexibility index (Phi) is 7.95. The molecule has 0 aliphatic heterocycles. The summed E-state index contributed by atoms with van der Waals surface area (Å²) in [5, 5.41) is 2.70. The van der Waals surface area contributed by atoms with E-state index in [1.54, 1.807) is 19.1 Å². The fraction of sp³-hybridized carbons (Fsp3) is 0.208. The minimum atomic E-state index is -3.91. The van der Waals surface area contributed by atoms with E-state index in [4.69, 9.17) is 14.2 Å². The van der Waals surface area contributed by atoms with Crippen LogP contribution in [0.5, 0.6) is 17.2 Å². The van der Waals surface area contributed by atoms with Crippen molar-refractivity contribution in [2.45, 2.75) is 24.3 Å². The maximum Gasteiger partial charge on any atom is 0.265 e. The zero-order valence-electron chi connectivity index (χ0n) is 18.9. The van der Waals surface area contributed by atoms with E-state index in [9.17, 15) is 17.6 Å². The predicted octanol–water partition coefficient (Wildman–Crippen LogP) is 4.44. The van der Waals surface area contributed by atoms with Crippen LogP contribution in [0.15, 0.2) is 71.6 Å². The predicted molar refractivity (Wildman–Crippen MR) is 127 cm³/mol. The van der Waals surface area contributed by atoms with Crippen molar-refractivity contribution in [3.05, 3.63) is 72.5 Å². The molecule has 0 bridgehead atoms. The van der Waals surface area contributed by atoms with Crippen molar-refractivity contribution in [1.82, 2.24) is 0 Å². The molecule has 0 heterocycles. The first-order valence-corrected chi connectivity index (χ1v) is 11.8. The minimum Gasteiger partial charge on any atom is -0.497 e. The lowest BCUT2D eigenvalue weighted by molar-refractivity contribution is -0.122. The zero-order valence-corrected chi connectivity index (χ0v) is 19.7. The molecule has 0 radical (unpaired) electrons. The van der Waals surface area contributed by atoms with Crippen LogP contribution >= 0.6 is 0 Å². The summed E-state index contributed by atoms with van der Waals surface area (Å²) in [5.41, 5.74) is 0.650. The van der Waals surface area contributed by atoms with Gasteiger partial charge in [0.1, 0.15) is 23.1 Å². The highest BCUT2D eigenvalue weighted by molar-refractivity contribution is 7.92. The van der Waals surface area contributed by atoms with Crippen molar-refractivity contribution in [2.24, 2.45) is 0 Å². The number of hydrogen-bond acceptors (Lipinski definition) is 6. The van der Waals surface area contributed by atoms with Crippen LogP contribution in [-0.4, -0.2) is 34.6 Å². The number of methoxy groups -OCH3 is 2. The Labute approximate surface area is 197 Å². The molecule has 180 valence electrons. The Hall–Kier alpha value is -3.79. The maximum absolute atomic E-state index is 13.1. The van der Waals surface area contributed by atoms with Crippen molar-refractivity contribution in [3.8, 4) is 17.2 Å². The van der Waals surface area contributed by atoms with Gasteiger partial charge in [0, 0.05) is 11.8 Å². The first kappa shape index (κ1) is 24.8. The highest BCUT2D eigenvalue weighted by Gasteiger charge is 2.20. The van der Waals surface area contributed by atoms with Crippen LogP contribution in [0.1, 0.15) is 13.3 Å². The number of amides is 1. The summed E-state index contributed by atoms with van der Waals surface area (Å²) < 4.78 is 57.1.